The highest BCUT2D eigenvalue weighted by atomic mass is 28.4. The predicted molar refractivity (Wildman–Crippen MR) is 55.1 cm³/mol. The van der Waals surface area contributed by atoms with Gasteiger partial charge in [0.05, 0.1) is 0 Å². The molecule has 0 saturated heterocycles. The van der Waals surface area contributed by atoms with Crippen LogP contribution in [0.15, 0.2) is 0 Å². The SMILES string of the molecule is C#C[SiH2]O[SiH2]O[SiH2]O[SiH2]C#C. The van der Waals surface area contributed by atoms with Crippen LogP contribution in [0.25, 0.3) is 0 Å². The van der Waals surface area contributed by atoms with Gasteiger partial charge in [-0.1, -0.05) is 0 Å². The quantitative estimate of drug-likeness (QED) is 0.262. The largest absolute Gasteiger partial charge is 0.436 e. The smallest absolute Gasteiger partial charge is 0.285 e. The van der Waals surface area contributed by atoms with Crippen molar-refractivity contribution >= 4 is 39.5 Å². The van der Waals surface area contributed by atoms with E-state index in [4.69, 9.17) is 25.2 Å². The first kappa shape index (κ1) is 10.9. The summed E-state index contributed by atoms with van der Waals surface area (Å²) in [5, 5.41) is 0. The van der Waals surface area contributed by atoms with Crippen molar-refractivity contribution in [2.45, 2.75) is 0 Å². The Morgan fingerprint density at radius 3 is 1.64 bits per heavy atom. The van der Waals surface area contributed by atoms with E-state index in [0.29, 0.717) is 0 Å². The Hall–Kier alpha value is -0.132. The van der Waals surface area contributed by atoms with Crippen LogP contribution >= 0.6 is 0 Å². The lowest BCUT2D eigenvalue weighted by Crippen LogP contribution is -2.14. The van der Waals surface area contributed by atoms with Crippen LogP contribution in [0.3, 0.4) is 0 Å². The molecule has 0 radical (unpaired) electrons. The molecule has 0 amide bonds. The second-order valence-corrected chi connectivity index (χ2v) is 8.31. The van der Waals surface area contributed by atoms with E-state index in [2.05, 4.69) is 11.1 Å². The first-order valence-corrected chi connectivity index (χ1v) is 7.89. The van der Waals surface area contributed by atoms with E-state index in [1.807, 2.05) is 0 Å². The molecule has 3 nitrogen and oxygen atoms in total. The van der Waals surface area contributed by atoms with Crippen molar-refractivity contribution in [3.63, 3.8) is 0 Å². The highest BCUT2D eigenvalue weighted by Crippen LogP contribution is 1.70. The van der Waals surface area contributed by atoms with Crippen LogP contribution in [0.4, 0.5) is 0 Å². The molecule has 0 aromatic heterocycles. The zero-order chi connectivity index (χ0) is 8.36. The fourth-order valence-electron chi connectivity index (χ4n) is 0.353. The molecule has 0 rings (SSSR count). The Morgan fingerprint density at radius 2 is 1.27 bits per heavy atom. The van der Waals surface area contributed by atoms with E-state index in [1.54, 1.807) is 0 Å². The highest BCUT2D eigenvalue weighted by molar-refractivity contribution is 6.51. The van der Waals surface area contributed by atoms with E-state index in [0.717, 1.165) is 0 Å². The molecule has 0 aliphatic carbocycles. The molecule has 0 aliphatic rings. The maximum atomic E-state index is 5.15. The normalized spacial score (nSPS) is 12.9. The van der Waals surface area contributed by atoms with Crippen LogP contribution in [-0.2, 0) is 12.3 Å². The topological polar surface area (TPSA) is 27.7 Å². The van der Waals surface area contributed by atoms with Gasteiger partial charge < -0.3 is 12.3 Å². The molecule has 0 N–H and O–H groups in total. The van der Waals surface area contributed by atoms with E-state index in [-0.39, 0.29) is 0 Å². The minimum absolute atomic E-state index is 0.716. The van der Waals surface area contributed by atoms with Crippen LogP contribution in [0, 0.1) is 23.9 Å². The van der Waals surface area contributed by atoms with Crippen molar-refractivity contribution in [3.8, 4) is 23.9 Å². The molecule has 11 heavy (non-hydrogen) atoms. The number of hydrogen-bond acceptors (Lipinski definition) is 3. The van der Waals surface area contributed by atoms with Gasteiger partial charge >= 0.3 is 0 Å². The molecule has 7 heteroatoms. The zero-order valence-electron chi connectivity index (χ0n) is 6.21. The Bertz CT molecular complexity index is 142. The molecule has 0 saturated carbocycles. The third-order valence-corrected chi connectivity index (χ3v) is 5.34. The standard InChI is InChI=1S/C4H10O3Si4/c1-3-8-5-10-7-11-6-9-4-2/h1-2H,8-11H2. The first-order chi connectivity index (χ1) is 5.41. The lowest BCUT2D eigenvalue weighted by molar-refractivity contribution is 0.438. The number of rotatable bonds is 6. The molecular weight excluding hydrogens is 208 g/mol. The number of terminal acetylenes is 2. The molecule has 0 atom stereocenters. The van der Waals surface area contributed by atoms with Gasteiger partial charge in [0, 0.05) is 0 Å². The predicted octanol–water partition coefficient (Wildman–Crippen LogP) is -3.62. The molecule has 60 valence electrons. The summed E-state index contributed by atoms with van der Waals surface area (Å²) in [5.74, 6) is 0. The van der Waals surface area contributed by atoms with Crippen molar-refractivity contribution in [3.05, 3.63) is 0 Å². The monoisotopic (exact) mass is 218 g/mol. The third-order valence-electron chi connectivity index (χ3n) is 0.704. The summed E-state index contributed by atoms with van der Waals surface area (Å²) in [6.45, 7) is 0. The second-order valence-electron chi connectivity index (χ2n) is 1.54. The van der Waals surface area contributed by atoms with Crippen LogP contribution in [-0.4, -0.2) is 39.5 Å². The Labute approximate surface area is 76.2 Å². The summed E-state index contributed by atoms with van der Waals surface area (Å²) in [6.07, 6.45) is 10.0. The molecular formula is C4H10O3Si4. The van der Waals surface area contributed by atoms with Crippen LogP contribution in [0.1, 0.15) is 0 Å². The molecule has 0 spiro atoms. The van der Waals surface area contributed by atoms with Crippen LogP contribution in [0.5, 0.6) is 0 Å². The lowest BCUT2D eigenvalue weighted by atomic mass is 11.4. The van der Waals surface area contributed by atoms with Crippen molar-refractivity contribution < 1.29 is 12.3 Å². The number of hydrogen-bond donors (Lipinski definition) is 0. The minimum Gasteiger partial charge on any atom is -0.436 e. The summed E-state index contributed by atoms with van der Waals surface area (Å²) in [6, 6.07) is 0. The van der Waals surface area contributed by atoms with Gasteiger partial charge in [-0.15, -0.1) is 23.9 Å². The summed E-state index contributed by atoms with van der Waals surface area (Å²) in [4.78, 5) is 0. The van der Waals surface area contributed by atoms with Crippen LogP contribution in [0.2, 0.25) is 0 Å². The lowest BCUT2D eigenvalue weighted by Gasteiger charge is -2.01. The van der Waals surface area contributed by atoms with Gasteiger partial charge in [0.15, 0.2) is 0 Å². The zero-order valence-corrected chi connectivity index (χ0v) is 11.9. The van der Waals surface area contributed by atoms with Crippen molar-refractivity contribution in [1.29, 1.82) is 0 Å². The van der Waals surface area contributed by atoms with E-state index < -0.39 is 39.5 Å². The second kappa shape index (κ2) is 9.87. The average molecular weight is 218 g/mol. The van der Waals surface area contributed by atoms with Crippen LogP contribution < -0.4 is 0 Å². The molecule has 0 unspecified atom stereocenters. The molecule has 0 aromatic rings. The molecule has 0 aromatic carbocycles. The van der Waals surface area contributed by atoms with E-state index >= 15 is 0 Å². The molecule has 0 aliphatic heterocycles. The summed E-state index contributed by atoms with van der Waals surface area (Å²) >= 11 is 0. The van der Waals surface area contributed by atoms with Gasteiger partial charge in [-0.25, -0.2) is 0 Å². The highest BCUT2D eigenvalue weighted by Gasteiger charge is 1.88. The average Bonchev–Trinajstić information content (AvgIpc) is 2.03. The first-order valence-electron chi connectivity index (χ1n) is 3.02. The fourth-order valence-corrected chi connectivity index (χ4v) is 5.30. The Kier molecular flexibility index (Phi) is 9.75. The maximum absolute atomic E-state index is 5.15. The van der Waals surface area contributed by atoms with E-state index in [9.17, 15) is 0 Å². The third kappa shape index (κ3) is 9.87. The van der Waals surface area contributed by atoms with Crippen molar-refractivity contribution in [1.82, 2.24) is 0 Å². The molecule has 0 bridgehead atoms. The Balaban J connectivity index is 2.82. The molecule has 0 fully saturated rings. The van der Waals surface area contributed by atoms with Gasteiger partial charge in [0.2, 0.25) is 19.5 Å². The minimum atomic E-state index is -0.818. The molecule has 0 heterocycles. The maximum Gasteiger partial charge on any atom is 0.285 e. The van der Waals surface area contributed by atoms with Gasteiger partial charge in [0.1, 0.15) is 0 Å². The van der Waals surface area contributed by atoms with Crippen molar-refractivity contribution in [2.75, 3.05) is 0 Å². The summed E-state index contributed by atoms with van der Waals surface area (Å²) < 4.78 is 15.4. The van der Waals surface area contributed by atoms with Gasteiger partial charge in [0.25, 0.3) is 20.0 Å². The fraction of sp³-hybridized carbons (Fsp3) is 0. The van der Waals surface area contributed by atoms with Crippen molar-refractivity contribution in [2.24, 2.45) is 0 Å². The summed E-state index contributed by atoms with van der Waals surface area (Å²) in [7, 11) is -3.07. The van der Waals surface area contributed by atoms with Gasteiger partial charge in [-0.05, 0) is 0 Å². The summed E-state index contributed by atoms with van der Waals surface area (Å²) in [5.41, 5.74) is 4.98. The van der Waals surface area contributed by atoms with Gasteiger partial charge in [-0.2, -0.15) is 0 Å². The Morgan fingerprint density at radius 1 is 0.818 bits per heavy atom. The van der Waals surface area contributed by atoms with Gasteiger partial charge in [-0.3, -0.25) is 0 Å². The van der Waals surface area contributed by atoms with E-state index in [1.165, 1.54) is 0 Å².